The van der Waals surface area contributed by atoms with E-state index in [1.54, 1.807) is 12.3 Å². The number of anilines is 2. The Morgan fingerprint density at radius 2 is 2.14 bits per heavy atom. The molecule has 0 amide bonds. The number of nitrogens with one attached hydrogen (secondary N) is 1. The number of halogens is 1. The number of aryl methyl sites for hydroxylation is 1. The molecule has 0 saturated heterocycles. The van der Waals surface area contributed by atoms with Crippen LogP contribution in [0.4, 0.5) is 15.9 Å². The van der Waals surface area contributed by atoms with Crippen molar-refractivity contribution in [3.05, 3.63) is 53.5 Å². The molecular formula is C17H20FN3. The molecule has 1 aromatic heterocycles. The van der Waals surface area contributed by atoms with Crippen LogP contribution in [0.25, 0.3) is 0 Å². The van der Waals surface area contributed by atoms with Gasteiger partial charge in [-0.15, -0.1) is 0 Å². The van der Waals surface area contributed by atoms with E-state index in [1.807, 2.05) is 30.0 Å². The average molecular weight is 285 g/mol. The molecule has 3 rings (SSSR count). The van der Waals surface area contributed by atoms with Crippen LogP contribution in [0.2, 0.25) is 0 Å². The van der Waals surface area contributed by atoms with E-state index in [0.29, 0.717) is 17.9 Å². The molecule has 4 heteroatoms. The van der Waals surface area contributed by atoms with Crippen molar-refractivity contribution in [2.24, 2.45) is 0 Å². The Bertz CT molecular complexity index is 627. The Balaban J connectivity index is 1.98. The van der Waals surface area contributed by atoms with E-state index >= 15 is 0 Å². The number of hydrogen-bond donors (Lipinski definition) is 1. The van der Waals surface area contributed by atoms with Crippen LogP contribution < -0.4 is 10.2 Å². The molecule has 0 spiro atoms. The summed E-state index contributed by atoms with van der Waals surface area (Å²) >= 11 is 0. The van der Waals surface area contributed by atoms with E-state index in [1.165, 1.54) is 5.56 Å². The number of hydrogen-bond acceptors (Lipinski definition) is 3. The van der Waals surface area contributed by atoms with Gasteiger partial charge in [0, 0.05) is 30.5 Å². The highest BCUT2D eigenvalue weighted by Gasteiger charge is 2.22. The maximum Gasteiger partial charge on any atom is 0.170 e. The molecule has 0 bridgehead atoms. The lowest BCUT2D eigenvalue weighted by molar-refractivity contribution is 0.582. The first kappa shape index (κ1) is 14.0. The predicted octanol–water partition coefficient (Wildman–Crippen LogP) is 3.41. The molecule has 2 heterocycles. The Hall–Kier alpha value is -1.94. The van der Waals surface area contributed by atoms with Crippen molar-refractivity contribution in [3.63, 3.8) is 0 Å². The molecule has 0 saturated carbocycles. The van der Waals surface area contributed by atoms with Crippen LogP contribution in [0.3, 0.4) is 0 Å². The van der Waals surface area contributed by atoms with Crippen molar-refractivity contribution < 1.29 is 4.39 Å². The third-order valence-electron chi connectivity index (χ3n) is 3.88. The molecule has 0 aliphatic carbocycles. The monoisotopic (exact) mass is 285 g/mol. The first-order valence-electron chi connectivity index (χ1n) is 7.50. The molecule has 1 aliphatic rings. The van der Waals surface area contributed by atoms with E-state index in [-0.39, 0.29) is 5.82 Å². The van der Waals surface area contributed by atoms with E-state index in [2.05, 4.69) is 16.4 Å². The summed E-state index contributed by atoms with van der Waals surface area (Å²) in [6.45, 7) is 4.18. The van der Waals surface area contributed by atoms with Gasteiger partial charge in [-0.05, 0) is 37.1 Å². The van der Waals surface area contributed by atoms with Crippen molar-refractivity contribution in [2.45, 2.75) is 26.3 Å². The van der Waals surface area contributed by atoms with Crippen LogP contribution in [0.1, 0.15) is 24.5 Å². The number of aromatic nitrogens is 1. The van der Waals surface area contributed by atoms with Gasteiger partial charge < -0.3 is 10.2 Å². The van der Waals surface area contributed by atoms with Crippen molar-refractivity contribution in [1.29, 1.82) is 0 Å². The maximum absolute atomic E-state index is 14.7. The molecule has 0 atom stereocenters. The molecule has 1 N–H and O–H groups in total. The van der Waals surface area contributed by atoms with Crippen molar-refractivity contribution >= 4 is 11.5 Å². The second-order valence-electron chi connectivity index (χ2n) is 5.27. The zero-order chi connectivity index (χ0) is 14.7. The fraction of sp³-hybridized carbons (Fsp3) is 0.353. The van der Waals surface area contributed by atoms with Crippen LogP contribution in [0.5, 0.6) is 0 Å². The van der Waals surface area contributed by atoms with E-state index in [0.717, 1.165) is 31.6 Å². The number of pyridine rings is 1. The summed E-state index contributed by atoms with van der Waals surface area (Å²) in [5, 5.41) is 3.17. The number of benzene rings is 1. The Morgan fingerprint density at radius 1 is 1.29 bits per heavy atom. The molecule has 0 unspecified atom stereocenters. The van der Waals surface area contributed by atoms with Crippen LogP contribution in [-0.2, 0) is 13.0 Å². The van der Waals surface area contributed by atoms with E-state index in [4.69, 9.17) is 0 Å². The number of para-hydroxylation sites is 1. The largest absolute Gasteiger partial charge is 0.324 e. The van der Waals surface area contributed by atoms with Crippen LogP contribution >= 0.6 is 0 Å². The maximum atomic E-state index is 14.7. The van der Waals surface area contributed by atoms with Gasteiger partial charge in [0.15, 0.2) is 11.6 Å². The van der Waals surface area contributed by atoms with E-state index in [9.17, 15) is 4.39 Å². The summed E-state index contributed by atoms with van der Waals surface area (Å²) in [4.78, 5) is 6.30. The minimum Gasteiger partial charge on any atom is -0.324 e. The molecule has 3 nitrogen and oxygen atoms in total. The predicted molar refractivity (Wildman–Crippen MR) is 83.3 cm³/mol. The quantitative estimate of drug-likeness (QED) is 0.933. The number of fused-ring (bicyclic) bond motifs is 1. The lowest BCUT2D eigenvalue weighted by Crippen LogP contribution is -2.27. The molecular weight excluding hydrogens is 265 g/mol. The Labute approximate surface area is 124 Å². The fourth-order valence-electron chi connectivity index (χ4n) is 2.81. The van der Waals surface area contributed by atoms with Gasteiger partial charge in [0.1, 0.15) is 0 Å². The van der Waals surface area contributed by atoms with Gasteiger partial charge in [-0.2, -0.15) is 0 Å². The standard InChI is InChI=1S/C17H20FN3/c1-2-19-12-14-9-10-20-17(16(14)18)21-11-5-7-13-6-3-4-8-15(13)21/h3-4,6,8-10,19H,2,5,7,11-12H2,1H3. The molecule has 0 radical (unpaired) electrons. The smallest absolute Gasteiger partial charge is 0.170 e. The molecule has 21 heavy (non-hydrogen) atoms. The van der Waals surface area contributed by atoms with Gasteiger partial charge in [0.05, 0.1) is 0 Å². The van der Waals surface area contributed by atoms with Crippen molar-refractivity contribution in [3.8, 4) is 0 Å². The van der Waals surface area contributed by atoms with E-state index < -0.39 is 0 Å². The molecule has 1 aliphatic heterocycles. The first-order chi connectivity index (χ1) is 10.3. The van der Waals surface area contributed by atoms with Gasteiger partial charge in [-0.25, -0.2) is 9.37 Å². The minimum atomic E-state index is -0.213. The second kappa shape index (κ2) is 6.22. The SMILES string of the molecule is CCNCc1ccnc(N2CCCc3ccccc32)c1F. The van der Waals surface area contributed by atoms with Gasteiger partial charge in [0.2, 0.25) is 0 Å². The van der Waals surface area contributed by atoms with Gasteiger partial charge in [0.25, 0.3) is 0 Å². The zero-order valence-corrected chi connectivity index (χ0v) is 12.3. The average Bonchev–Trinajstić information content (AvgIpc) is 2.53. The second-order valence-corrected chi connectivity index (χ2v) is 5.27. The van der Waals surface area contributed by atoms with Crippen LogP contribution in [-0.4, -0.2) is 18.1 Å². The molecule has 0 fully saturated rings. The summed E-state index contributed by atoms with van der Waals surface area (Å²) in [6.07, 6.45) is 3.77. The number of nitrogens with zero attached hydrogens (tertiary/aromatic N) is 2. The van der Waals surface area contributed by atoms with Gasteiger partial charge in [-0.3, -0.25) is 0 Å². The molecule has 2 aromatic rings. The highest BCUT2D eigenvalue weighted by molar-refractivity contribution is 5.66. The molecule has 1 aromatic carbocycles. The van der Waals surface area contributed by atoms with Gasteiger partial charge in [-0.1, -0.05) is 25.1 Å². The summed E-state index contributed by atoms with van der Waals surface area (Å²) in [5.74, 6) is 0.229. The topological polar surface area (TPSA) is 28.2 Å². The lowest BCUT2D eigenvalue weighted by Gasteiger charge is -2.30. The van der Waals surface area contributed by atoms with Crippen LogP contribution in [0.15, 0.2) is 36.5 Å². The minimum absolute atomic E-state index is 0.213. The highest BCUT2D eigenvalue weighted by atomic mass is 19.1. The van der Waals surface area contributed by atoms with Crippen molar-refractivity contribution in [2.75, 3.05) is 18.0 Å². The zero-order valence-electron chi connectivity index (χ0n) is 12.3. The van der Waals surface area contributed by atoms with Gasteiger partial charge >= 0.3 is 0 Å². The third-order valence-corrected chi connectivity index (χ3v) is 3.88. The number of rotatable bonds is 4. The Morgan fingerprint density at radius 3 is 3.00 bits per heavy atom. The molecule has 110 valence electrons. The summed E-state index contributed by atoms with van der Waals surface area (Å²) in [5.41, 5.74) is 3.02. The normalized spacial score (nSPS) is 14.1. The summed E-state index contributed by atoms with van der Waals surface area (Å²) in [6, 6.07) is 9.94. The van der Waals surface area contributed by atoms with Crippen molar-refractivity contribution in [1.82, 2.24) is 10.3 Å². The lowest BCUT2D eigenvalue weighted by atomic mass is 10.0. The summed E-state index contributed by atoms with van der Waals surface area (Å²) in [7, 11) is 0. The highest BCUT2D eigenvalue weighted by Crippen LogP contribution is 2.34. The third kappa shape index (κ3) is 2.76. The fourth-order valence-corrected chi connectivity index (χ4v) is 2.81. The Kier molecular flexibility index (Phi) is 4.15. The first-order valence-corrected chi connectivity index (χ1v) is 7.50. The van der Waals surface area contributed by atoms with Crippen LogP contribution in [0, 0.1) is 5.82 Å². The summed E-state index contributed by atoms with van der Waals surface area (Å²) < 4.78 is 14.7.